The van der Waals surface area contributed by atoms with Crippen LogP contribution in [0.3, 0.4) is 0 Å². The van der Waals surface area contributed by atoms with Gasteiger partial charge in [-0.25, -0.2) is 4.79 Å². The van der Waals surface area contributed by atoms with Crippen molar-refractivity contribution in [1.82, 2.24) is 20.1 Å². The van der Waals surface area contributed by atoms with E-state index in [4.69, 9.17) is 9.47 Å². The normalized spacial score (nSPS) is 21.6. The van der Waals surface area contributed by atoms with Gasteiger partial charge < -0.3 is 19.9 Å². The average molecular weight is 443 g/mol. The quantitative estimate of drug-likeness (QED) is 0.642. The Morgan fingerprint density at radius 3 is 2.75 bits per heavy atom. The molecule has 1 unspecified atom stereocenters. The van der Waals surface area contributed by atoms with Gasteiger partial charge in [-0.2, -0.15) is 5.10 Å². The number of ether oxygens (including phenoxy) is 2. The van der Waals surface area contributed by atoms with E-state index >= 15 is 0 Å². The minimum Gasteiger partial charge on any atom is -0.489 e. The lowest BCUT2D eigenvalue weighted by Crippen LogP contribution is -2.34. The number of nitrogens with one attached hydrogen (secondary N) is 1. The number of amides is 1. The van der Waals surface area contributed by atoms with Gasteiger partial charge in [0.25, 0.3) is 0 Å². The van der Waals surface area contributed by atoms with Crippen molar-refractivity contribution in [3.63, 3.8) is 0 Å². The number of carboxylic acids is 1. The van der Waals surface area contributed by atoms with Gasteiger partial charge in [0.2, 0.25) is 0 Å². The van der Waals surface area contributed by atoms with Crippen LogP contribution in [-0.2, 0) is 23.2 Å². The third-order valence-corrected chi connectivity index (χ3v) is 6.37. The van der Waals surface area contributed by atoms with Gasteiger partial charge in [-0.3, -0.25) is 14.5 Å². The monoisotopic (exact) mass is 442 g/mol. The molecule has 2 saturated carbocycles. The average Bonchev–Trinajstić information content (AvgIpc) is 3.56. The number of carbonyl (C=O) groups excluding carboxylic acids is 1. The second-order valence-corrected chi connectivity index (χ2v) is 8.80. The molecular weight excluding hydrogens is 412 g/mol. The molecule has 1 amide bonds. The Hall–Kier alpha value is -3.10. The van der Waals surface area contributed by atoms with Crippen LogP contribution < -0.4 is 10.1 Å². The van der Waals surface area contributed by atoms with Crippen LogP contribution in [0.4, 0.5) is 4.79 Å². The summed E-state index contributed by atoms with van der Waals surface area (Å²) in [5.41, 5.74) is 2.23. The summed E-state index contributed by atoms with van der Waals surface area (Å²) < 4.78 is 13.1. The molecule has 0 aromatic carbocycles. The van der Waals surface area contributed by atoms with Gasteiger partial charge >= 0.3 is 12.1 Å². The summed E-state index contributed by atoms with van der Waals surface area (Å²) >= 11 is 0. The second kappa shape index (κ2) is 9.58. The van der Waals surface area contributed by atoms with Crippen LogP contribution in [-0.4, -0.2) is 44.1 Å². The van der Waals surface area contributed by atoms with E-state index in [0.29, 0.717) is 30.2 Å². The molecule has 2 N–H and O–H groups in total. The van der Waals surface area contributed by atoms with Crippen molar-refractivity contribution in [3.05, 3.63) is 30.2 Å². The molecule has 0 saturated heterocycles. The van der Waals surface area contributed by atoms with Crippen LogP contribution in [0.5, 0.6) is 5.75 Å². The first-order valence-corrected chi connectivity index (χ1v) is 11.2. The zero-order valence-electron chi connectivity index (χ0n) is 18.5. The van der Waals surface area contributed by atoms with Gasteiger partial charge in [0.15, 0.2) is 0 Å². The molecule has 172 valence electrons. The predicted molar refractivity (Wildman–Crippen MR) is 116 cm³/mol. The Labute approximate surface area is 187 Å². The maximum Gasteiger partial charge on any atom is 0.407 e. The van der Waals surface area contributed by atoms with Crippen molar-refractivity contribution >= 4 is 12.1 Å². The highest BCUT2D eigenvalue weighted by molar-refractivity contribution is 5.70. The van der Waals surface area contributed by atoms with E-state index in [-0.39, 0.29) is 24.7 Å². The van der Waals surface area contributed by atoms with Crippen molar-refractivity contribution in [2.45, 2.75) is 64.2 Å². The molecule has 0 radical (unpaired) electrons. The number of nitrogens with zero attached hydrogens (tertiary/aromatic N) is 3. The third-order valence-electron chi connectivity index (χ3n) is 6.37. The molecule has 3 atom stereocenters. The lowest BCUT2D eigenvalue weighted by molar-refractivity contribution is -0.143. The molecule has 0 spiro atoms. The number of aliphatic carboxylic acids is 1. The molecule has 9 nitrogen and oxygen atoms in total. The van der Waals surface area contributed by atoms with Gasteiger partial charge in [0.05, 0.1) is 35.8 Å². The fourth-order valence-corrected chi connectivity index (χ4v) is 4.20. The molecule has 0 aliphatic heterocycles. The molecule has 2 aromatic rings. The van der Waals surface area contributed by atoms with E-state index in [1.165, 1.54) is 0 Å². The van der Waals surface area contributed by atoms with E-state index in [2.05, 4.69) is 15.4 Å². The zero-order chi connectivity index (χ0) is 22.7. The van der Waals surface area contributed by atoms with Gasteiger partial charge in [-0.1, -0.05) is 0 Å². The smallest absolute Gasteiger partial charge is 0.407 e. The molecule has 0 bridgehead atoms. The SMILES string of the molecule is CC(NC(=O)OCc1c(-c2ccc(O[C@H]3CCC[C@H](C(=O)O)C3)cn2)cnn1C)C1CC1. The molecule has 2 aromatic heterocycles. The molecule has 2 fully saturated rings. The predicted octanol–water partition coefficient (Wildman–Crippen LogP) is 3.53. The van der Waals surface area contributed by atoms with Crippen molar-refractivity contribution < 1.29 is 24.2 Å². The highest BCUT2D eigenvalue weighted by atomic mass is 16.5. The maximum absolute atomic E-state index is 12.1. The molecule has 9 heteroatoms. The van der Waals surface area contributed by atoms with Crippen molar-refractivity contribution in [3.8, 4) is 17.0 Å². The summed E-state index contributed by atoms with van der Waals surface area (Å²) in [6.45, 7) is 2.09. The maximum atomic E-state index is 12.1. The number of aromatic nitrogens is 3. The van der Waals surface area contributed by atoms with Crippen molar-refractivity contribution in [1.29, 1.82) is 0 Å². The fourth-order valence-electron chi connectivity index (χ4n) is 4.20. The Morgan fingerprint density at radius 2 is 2.06 bits per heavy atom. The van der Waals surface area contributed by atoms with Gasteiger partial charge in [-0.15, -0.1) is 0 Å². The summed E-state index contributed by atoms with van der Waals surface area (Å²) in [6.07, 6.45) is 8.01. The first-order chi connectivity index (χ1) is 15.4. The summed E-state index contributed by atoms with van der Waals surface area (Å²) in [7, 11) is 1.80. The molecule has 2 heterocycles. The summed E-state index contributed by atoms with van der Waals surface area (Å²) in [4.78, 5) is 27.9. The van der Waals surface area contributed by atoms with Crippen LogP contribution in [0.1, 0.15) is 51.1 Å². The van der Waals surface area contributed by atoms with E-state index in [1.807, 2.05) is 19.1 Å². The Kier molecular flexibility index (Phi) is 6.62. The summed E-state index contributed by atoms with van der Waals surface area (Å²) in [6, 6.07) is 3.79. The van der Waals surface area contributed by atoms with E-state index in [9.17, 15) is 14.7 Å². The number of pyridine rings is 1. The highest BCUT2D eigenvalue weighted by Crippen LogP contribution is 2.32. The first-order valence-electron chi connectivity index (χ1n) is 11.2. The number of rotatable bonds is 8. The van der Waals surface area contributed by atoms with Gasteiger partial charge in [-0.05, 0) is 63.5 Å². The summed E-state index contributed by atoms with van der Waals surface area (Å²) in [5, 5.41) is 16.4. The molecular formula is C23H30N4O5. The Morgan fingerprint density at radius 1 is 1.25 bits per heavy atom. The van der Waals surface area contributed by atoms with E-state index in [1.54, 1.807) is 24.1 Å². The van der Waals surface area contributed by atoms with Crippen LogP contribution in [0.25, 0.3) is 11.3 Å². The zero-order valence-corrected chi connectivity index (χ0v) is 18.5. The number of carbonyl (C=O) groups is 2. The molecule has 32 heavy (non-hydrogen) atoms. The number of carboxylic acid groups (broad SMARTS) is 1. The van der Waals surface area contributed by atoms with E-state index < -0.39 is 12.1 Å². The van der Waals surface area contributed by atoms with Gasteiger partial charge in [0.1, 0.15) is 12.4 Å². The van der Waals surface area contributed by atoms with Crippen molar-refractivity contribution in [2.75, 3.05) is 0 Å². The topological polar surface area (TPSA) is 116 Å². The Balaban J connectivity index is 1.36. The number of hydrogen-bond donors (Lipinski definition) is 2. The second-order valence-electron chi connectivity index (χ2n) is 8.80. The lowest BCUT2D eigenvalue weighted by atomic mass is 9.87. The van der Waals surface area contributed by atoms with E-state index in [0.717, 1.165) is 36.9 Å². The fraction of sp³-hybridized carbons (Fsp3) is 0.565. The minimum absolute atomic E-state index is 0.0909. The number of aryl methyl sites for hydroxylation is 1. The van der Waals surface area contributed by atoms with Crippen molar-refractivity contribution in [2.24, 2.45) is 18.9 Å². The molecule has 2 aliphatic rings. The summed E-state index contributed by atoms with van der Waals surface area (Å²) in [5.74, 6) is 0.0699. The van der Waals surface area contributed by atoms with Crippen LogP contribution in [0.2, 0.25) is 0 Å². The highest BCUT2D eigenvalue weighted by Gasteiger charge is 2.30. The minimum atomic E-state index is -0.756. The molecule has 2 aliphatic carbocycles. The number of hydrogen-bond acceptors (Lipinski definition) is 6. The standard InChI is InChI=1S/C23H30N4O5/c1-14(15-6-7-15)26-23(30)31-13-21-19(12-25-27(21)2)20-9-8-18(11-24-20)32-17-5-3-4-16(10-17)22(28)29/h8-9,11-12,14-17H,3-7,10,13H2,1-2H3,(H,26,30)(H,28,29)/t14?,16-,17-/m0/s1. The number of alkyl carbamates (subject to hydrolysis) is 1. The van der Waals surface area contributed by atoms with Gasteiger partial charge in [0, 0.05) is 18.7 Å². The lowest BCUT2D eigenvalue weighted by Gasteiger charge is -2.27. The largest absolute Gasteiger partial charge is 0.489 e. The van der Waals surface area contributed by atoms with Crippen LogP contribution in [0, 0.1) is 11.8 Å². The Bertz CT molecular complexity index is 954. The molecule has 4 rings (SSSR count). The van der Waals surface area contributed by atoms with Crippen LogP contribution in [0.15, 0.2) is 24.5 Å². The first kappa shape index (κ1) is 22.1. The third kappa shape index (κ3) is 5.38. The van der Waals surface area contributed by atoms with Crippen LogP contribution >= 0.6 is 0 Å².